The van der Waals surface area contributed by atoms with E-state index in [9.17, 15) is 0 Å². The zero-order chi connectivity index (χ0) is 31.2. The lowest BCUT2D eigenvalue weighted by atomic mass is 9.89. The summed E-state index contributed by atoms with van der Waals surface area (Å²) >= 11 is 0. The monoisotopic (exact) mass is 587 g/mol. The molecule has 0 unspecified atom stereocenters. The van der Waals surface area contributed by atoms with Gasteiger partial charge in [0.15, 0.2) is 0 Å². The van der Waals surface area contributed by atoms with Crippen LogP contribution in [0.5, 0.6) is 0 Å². The number of pyridine rings is 2. The van der Waals surface area contributed by atoms with Crippen molar-refractivity contribution in [1.29, 1.82) is 0 Å². The van der Waals surface area contributed by atoms with Gasteiger partial charge >= 0.3 is 0 Å². The highest BCUT2D eigenvalue weighted by Gasteiger charge is 2.29. The molecule has 0 amide bonds. The number of dihydropyridines is 1. The van der Waals surface area contributed by atoms with Crippen molar-refractivity contribution >= 4 is 45.1 Å². The summed E-state index contributed by atoms with van der Waals surface area (Å²) < 4.78 is 0. The van der Waals surface area contributed by atoms with E-state index in [1.165, 1.54) is 10.9 Å². The van der Waals surface area contributed by atoms with Crippen LogP contribution in [0.25, 0.3) is 44.0 Å². The lowest BCUT2D eigenvalue weighted by Crippen LogP contribution is -2.27. The number of benzene rings is 3. The molecule has 3 aromatic carbocycles. The van der Waals surface area contributed by atoms with Gasteiger partial charge in [-0.05, 0) is 81.1 Å². The first-order valence-electron chi connectivity index (χ1n) is 15.3. The molecule has 1 atom stereocenters. The minimum Gasteiger partial charge on any atom is -0.394 e. The van der Waals surface area contributed by atoms with E-state index in [0.717, 1.165) is 68.4 Å². The maximum atomic E-state index is 5.19. The van der Waals surface area contributed by atoms with Crippen molar-refractivity contribution in [3.8, 4) is 11.3 Å². The van der Waals surface area contributed by atoms with Crippen molar-refractivity contribution < 1.29 is 0 Å². The number of rotatable bonds is 9. The van der Waals surface area contributed by atoms with E-state index in [0.29, 0.717) is 0 Å². The fraction of sp³-hybridized carbons (Fsp3) is 0.150. The average molecular weight is 588 g/mol. The minimum atomic E-state index is -0.458. The van der Waals surface area contributed by atoms with E-state index >= 15 is 0 Å². The number of fused-ring (bicyclic) bond motifs is 4. The Labute approximate surface area is 264 Å². The van der Waals surface area contributed by atoms with Crippen LogP contribution in [0.15, 0.2) is 143 Å². The lowest BCUT2D eigenvalue weighted by Gasteiger charge is -2.28. The van der Waals surface area contributed by atoms with Crippen LogP contribution in [0.2, 0.25) is 0 Å². The summed E-state index contributed by atoms with van der Waals surface area (Å²) in [5.41, 5.74) is 8.41. The zero-order valence-electron chi connectivity index (χ0n) is 26.0. The van der Waals surface area contributed by atoms with Gasteiger partial charge in [-0.15, -0.1) is 0 Å². The number of hydrogen-bond acceptors (Lipinski definition) is 5. The molecule has 0 saturated carbocycles. The Morgan fingerprint density at radius 2 is 1.71 bits per heavy atom. The summed E-state index contributed by atoms with van der Waals surface area (Å²) in [6.45, 7) is 7.89. The molecule has 1 aliphatic heterocycles. The maximum Gasteiger partial charge on any atom is 0.104 e. The molecular weight excluding hydrogens is 550 g/mol. The molecule has 0 bridgehead atoms. The molecule has 1 aliphatic rings. The summed E-state index contributed by atoms with van der Waals surface area (Å²) in [5, 5.41) is 6.40. The normalized spacial score (nSPS) is 17.3. The van der Waals surface area contributed by atoms with Crippen molar-refractivity contribution in [1.82, 2.24) is 15.3 Å². The molecule has 5 nitrogen and oxygen atoms in total. The van der Waals surface area contributed by atoms with E-state index in [2.05, 4.69) is 115 Å². The number of aliphatic imine (C=N–C) groups is 2. The van der Waals surface area contributed by atoms with Gasteiger partial charge in [-0.1, -0.05) is 91.0 Å². The van der Waals surface area contributed by atoms with Gasteiger partial charge < -0.3 is 5.32 Å². The molecule has 0 aliphatic carbocycles. The number of allylic oxidation sites excluding steroid dienone is 7. The van der Waals surface area contributed by atoms with E-state index in [1.807, 2.05) is 50.5 Å². The van der Waals surface area contributed by atoms with E-state index in [-0.39, 0.29) is 0 Å². The number of nitrogens with zero attached hydrogens (tertiary/aromatic N) is 4. The van der Waals surface area contributed by atoms with Crippen molar-refractivity contribution in [2.75, 3.05) is 7.05 Å². The topological polar surface area (TPSA) is 62.5 Å². The Morgan fingerprint density at radius 3 is 2.51 bits per heavy atom. The molecular formula is C40H37N5. The standard InChI is InChI=1S/C40H37N5/c1-5-6-17-37(42-4)40(2)26-12-16-35(45-40)29-20-18-28(19-21-29)34-25-23-30-22-24-33-31(13-8-7-11-27-41-3)32-14-9-10-15-36(32)44-39(33)38(30)43-34/h5-12,14-25,27,41H,4,13,26H2,1-3H3/b6-5-,8-7-,27-11-,37-17-/t40-/m1/s1. The third kappa shape index (κ3) is 6.02. The third-order valence-corrected chi connectivity index (χ3v) is 8.26. The van der Waals surface area contributed by atoms with Crippen LogP contribution in [-0.2, 0) is 6.42 Å². The van der Waals surface area contributed by atoms with Crippen LogP contribution in [0.4, 0.5) is 0 Å². The van der Waals surface area contributed by atoms with Gasteiger partial charge in [-0.2, -0.15) is 0 Å². The van der Waals surface area contributed by atoms with Crippen LogP contribution in [0.3, 0.4) is 0 Å². The largest absolute Gasteiger partial charge is 0.394 e. The number of hydrogen-bond donors (Lipinski definition) is 1. The van der Waals surface area contributed by atoms with Crippen LogP contribution >= 0.6 is 0 Å². The second kappa shape index (κ2) is 13.1. The highest BCUT2D eigenvalue weighted by Crippen LogP contribution is 2.34. The molecule has 222 valence electrons. The molecule has 0 spiro atoms. The summed E-state index contributed by atoms with van der Waals surface area (Å²) in [7, 11) is 1.90. The summed E-state index contributed by atoms with van der Waals surface area (Å²) in [6, 6.07) is 25.4. The molecule has 6 rings (SSSR count). The molecule has 5 aromatic rings. The Balaban J connectivity index is 1.39. The van der Waals surface area contributed by atoms with Gasteiger partial charge in [0.25, 0.3) is 0 Å². The quantitative estimate of drug-likeness (QED) is 0.0810. The average Bonchev–Trinajstić information content (AvgIpc) is 3.08. The Morgan fingerprint density at radius 1 is 0.911 bits per heavy atom. The first-order chi connectivity index (χ1) is 22.0. The molecule has 0 radical (unpaired) electrons. The second-order valence-electron chi connectivity index (χ2n) is 11.3. The van der Waals surface area contributed by atoms with Crippen molar-refractivity contribution in [2.24, 2.45) is 9.98 Å². The van der Waals surface area contributed by atoms with Crippen molar-refractivity contribution in [3.63, 3.8) is 0 Å². The van der Waals surface area contributed by atoms with Crippen molar-refractivity contribution in [3.05, 3.63) is 144 Å². The highest BCUT2D eigenvalue weighted by molar-refractivity contribution is 6.10. The van der Waals surface area contributed by atoms with Crippen molar-refractivity contribution in [2.45, 2.75) is 32.2 Å². The Hall–Kier alpha value is -5.42. The lowest BCUT2D eigenvalue weighted by molar-refractivity contribution is 0.552. The minimum absolute atomic E-state index is 0.458. The van der Waals surface area contributed by atoms with E-state index in [1.54, 1.807) is 0 Å². The summed E-state index contributed by atoms with van der Waals surface area (Å²) in [5.74, 6) is 0. The first-order valence-corrected chi connectivity index (χ1v) is 15.3. The summed E-state index contributed by atoms with van der Waals surface area (Å²) in [6.07, 6.45) is 20.0. The van der Waals surface area contributed by atoms with Crippen LogP contribution in [-0.4, -0.2) is 35.0 Å². The molecule has 0 fully saturated rings. The third-order valence-electron chi connectivity index (χ3n) is 8.26. The second-order valence-corrected chi connectivity index (χ2v) is 11.3. The fourth-order valence-corrected chi connectivity index (χ4v) is 5.89. The van der Waals surface area contributed by atoms with E-state index in [4.69, 9.17) is 15.0 Å². The molecule has 5 heteroatoms. The molecule has 45 heavy (non-hydrogen) atoms. The predicted octanol–water partition coefficient (Wildman–Crippen LogP) is 9.10. The molecule has 1 N–H and O–H groups in total. The van der Waals surface area contributed by atoms with Gasteiger partial charge in [0.2, 0.25) is 0 Å². The molecule has 0 saturated heterocycles. The van der Waals surface area contributed by atoms with Gasteiger partial charge in [0.05, 0.1) is 33.7 Å². The maximum absolute atomic E-state index is 5.19. The number of aromatic nitrogens is 2. The smallest absolute Gasteiger partial charge is 0.104 e. The van der Waals surface area contributed by atoms with E-state index < -0.39 is 5.54 Å². The van der Waals surface area contributed by atoms with Gasteiger partial charge in [0, 0.05) is 28.8 Å². The van der Waals surface area contributed by atoms with Crippen LogP contribution < -0.4 is 5.32 Å². The van der Waals surface area contributed by atoms with Crippen LogP contribution in [0, 0.1) is 0 Å². The summed E-state index contributed by atoms with van der Waals surface area (Å²) in [4.78, 5) is 19.7. The van der Waals surface area contributed by atoms with Gasteiger partial charge in [0.1, 0.15) is 5.54 Å². The Kier molecular flexibility index (Phi) is 8.61. The predicted molar refractivity (Wildman–Crippen MR) is 192 cm³/mol. The Bertz CT molecular complexity index is 2080. The number of nitrogens with one attached hydrogen (secondary N) is 1. The fourth-order valence-electron chi connectivity index (χ4n) is 5.89. The van der Waals surface area contributed by atoms with Gasteiger partial charge in [-0.25, -0.2) is 9.97 Å². The number of para-hydroxylation sites is 1. The SMILES string of the molecule is C=N/C(=C\C=C/C)[C@@]1(C)CC=CC(c2ccc(-c3ccc4ccc5c(C/C=C\C=C/NC)c6ccccc6nc5c4n3)cc2)=N1. The first kappa shape index (κ1) is 29.6. The zero-order valence-corrected chi connectivity index (χ0v) is 26.0. The highest BCUT2D eigenvalue weighted by atomic mass is 14.9. The molecule has 3 heterocycles. The van der Waals surface area contributed by atoms with Gasteiger partial charge in [-0.3, -0.25) is 9.98 Å². The van der Waals surface area contributed by atoms with Crippen LogP contribution in [0.1, 0.15) is 31.4 Å². The molecule has 2 aromatic heterocycles.